The molecule has 1 aliphatic heterocycles. The zero-order valence-corrected chi connectivity index (χ0v) is 12.8. The molecule has 0 amide bonds. The smallest absolute Gasteiger partial charge is 0.157 e. The van der Waals surface area contributed by atoms with E-state index in [2.05, 4.69) is 16.3 Å². The highest BCUT2D eigenvalue weighted by molar-refractivity contribution is 5.20. The number of aromatic nitrogens is 2. The van der Waals surface area contributed by atoms with Crippen LogP contribution in [0, 0.1) is 5.41 Å². The van der Waals surface area contributed by atoms with Gasteiger partial charge < -0.3 is 9.47 Å². The van der Waals surface area contributed by atoms with Gasteiger partial charge in [-0.2, -0.15) is 5.10 Å². The minimum atomic E-state index is 0.0642. The van der Waals surface area contributed by atoms with Crippen LogP contribution >= 0.6 is 0 Å². The summed E-state index contributed by atoms with van der Waals surface area (Å²) in [6.45, 7) is 1.78. The lowest BCUT2D eigenvalue weighted by molar-refractivity contribution is -0.188. The molecule has 1 aromatic heterocycles. The van der Waals surface area contributed by atoms with Crippen LogP contribution in [0.25, 0.3) is 0 Å². The zero-order valence-electron chi connectivity index (χ0n) is 12.8. The first-order chi connectivity index (χ1) is 10.3. The number of hydrogen-bond acceptors (Lipinski definition) is 3. The molecule has 5 rings (SSSR count). The SMILES string of the molecule is c1cc(C23CCC(COC4CCCCO4)(CC2)CC3)[nH]n1. The van der Waals surface area contributed by atoms with Gasteiger partial charge in [-0.15, -0.1) is 0 Å². The molecule has 2 bridgehead atoms. The molecular weight excluding hydrogens is 264 g/mol. The lowest BCUT2D eigenvalue weighted by atomic mass is 9.53. The first kappa shape index (κ1) is 13.8. The molecule has 1 saturated heterocycles. The Morgan fingerprint density at radius 2 is 2.00 bits per heavy atom. The van der Waals surface area contributed by atoms with Crippen molar-refractivity contribution in [3.8, 4) is 0 Å². The molecule has 1 unspecified atom stereocenters. The molecule has 2 heterocycles. The van der Waals surface area contributed by atoms with Gasteiger partial charge in [0.15, 0.2) is 6.29 Å². The standard InChI is InChI=1S/C17H26N2O2/c1-2-12-20-15(3-1)21-13-16-5-8-17(9-6-16,10-7-16)14-4-11-18-19-14/h4,11,15H,1-3,5-10,12-13H2,(H,18,19). The highest BCUT2D eigenvalue weighted by Crippen LogP contribution is 2.57. The monoisotopic (exact) mass is 290 g/mol. The van der Waals surface area contributed by atoms with Gasteiger partial charge in [-0.05, 0) is 69.3 Å². The highest BCUT2D eigenvalue weighted by Gasteiger charge is 2.50. The van der Waals surface area contributed by atoms with Crippen LogP contribution in [0.2, 0.25) is 0 Å². The average Bonchev–Trinajstić information content (AvgIpc) is 3.11. The van der Waals surface area contributed by atoms with Gasteiger partial charge in [-0.3, -0.25) is 5.10 Å². The van der Waals surface area contributed by atoms with Crippen molar-refractivity contribution in [2.24, 2.45) is 5.41 Å². The van der Waals surface area contributed by atoms with Crippen molar-refractivity contribution in [3.05, 3.63) is 18.0 Å². The number of nitrogens with zero attached hydrogens (tertiary/aromatic N) is 1. The number of aromatic amines is 1. The van der Waals surface area contributed by atoms with Crippen LogP contribution in [0.15, 0.2) is 12.3 Å². The Balaban J connectivity index is 1.37. The van der Waals surface area contributed by atoms with Crippen molar-refractivity contribution in [2.45, 2.75) is 69.5 Å². The summed E-state index contributed by atoms with van der Waals surface area (Å²) in [5, 5.41) is 7.37. The predicted molar refractivity (Wildman–Crippen MR) is 79.9 cm³/mol. The third-order valence-corrected chi connectivity index (χ3v) is 6.19. The molecule has 0 aromatic carbocycles. The maximum atomic E-state index is 6.12. The van der Waals surface area contributed by atoms with Gasteiger partial charge in [0.2, 0.25) is 0 Å². The molecular formula is C17H26N2O2. The van der Waals surface area contributed by atoms with E-state index < -0.39 is 0 Å². The summed E-state index contributed by atoms with van der Waals surface area (Å²) in [7, 11) is 0. The molecule has 116 valence electrons. The minimum absolute atomic E-state index is 0.0642. The maximum absolute atomic E-state index is 6.12. The number of hydrogen-bond donors (Lipinski definition) is 1. The lowest BCUT2D eigenvalue weighted by Gasteiger charge is -2.53. The zero-order chi connectivity index (χ0) is 14.2. The van der Waals surface area contributed by atoms with E-state index in [1.54, 1.807) is 0 Å². The topological polar surface area (TPSA) is 47.1 Å². The second kappa shape index (κ2) is 5.40. The summed E-state index contributed by atoms with van der Waals surface area (Å²) in [6, 6.07) is 2.17. The molecule has 1 N–H and O–H groups in total. The predicted octanol–water partition coefficient (Wildman–Crippen LogP) is 3.54. The number of rotatable bonds is 4. The summed E-state index contributed by atoms with van der Waals surface area (Å²) >= 11 is 0. The fourth-order valence-electron chi connectivity index (χ4n) is 4.55. The Kier molecular flexibility index (Phi) is 3.54. The average molecular weight is 290 g/mol. The van der Waals surface area contributed by atoms with Gasteiger partial charge >= 0.3 is 0 Å². The van der Waals surface area contributed by atoms with Crippen LogP contribution in [0.4, 0.5) is 0 Å². The third-order valence-electron chi connectivity index (χ3n) is 6.19. The Morgan fingerprint density at radius 3 is 2.62 bits per heavy atom. The molecule has 1 atom stereocenters. The van der Waals surface area contributed by atoms with Gasteiger partial charge in [0.1, 0.15) is 0 Å². The van der Waals surface area contributed by atoms with Crippen LogP contribution < -0.4 is 0 Å². The van der Waals surface area contributed by atoms with Crippen LogP contribution in [0.5, 0.6) is 0 Å². The van der Waals surface area contributed by atoms with Crippen molar-refractivity contribution < 1.29 is 9.47 Å². The Hall–Kier alpha value is -0.870. The van der Waals surface area contributed by atoms with Gasteiger partial charge in [-0.1, -0.05) is 0 Å². The van der Waals surface area contributed by atoms with Crippen molar-refractivity contribution in [1.29, 1.82) is 0 Å². The molecule has 21 heavy (non-hydrogen) atoms. The van der Waals surface area contributed by atoms with E-state index in [-0.39, 0.29) is 6.29 Å². The molecule has 0 radical (unpaired) electrons. The lowest BCUT2D eigenvalue weighted by Crippen LogP contribution is -2.47. The van der Waals surface area contributed by atoms with Crippen molar-refractivity contribution in [3.63, 3.8) is 0 Å². The maximum Gasteiger partial charge on any atom is 0.157 e. The molecule has 4 aliphatic rings. The van der Waals surface area contributed by atoms with Crippen molar-refractivity contribution >= 4 is 0 Å². The summed E-state index contributed by atoms with van der Waals surface area (Å²) < 4.78 is 11.8. The Labute approximate surface area is 126 Å². The fraction of sp³-hybridized carbons (Fsp3) is 0.824. The fourth-order valence-corrected chi connectivity index (χ4v) is 4.55. The van der Waals surface area contributed by atoms with Crippen LogP contribution in [-0.4, -0.2) is 29.7 Å². The number of nitrogens with one attached hydrogen (secondary N) is 1. The first-order valence-corrected chi connectivity index (χ1v) is 8.54. The second-order valence-electron chi connectivity index (χ2n) is 7.36. The molecule has 4 heteroatoms. The van der Waals surface area contributed by atoms with Gasteiger partial charge in [0, 0.05) is 23.9 Å². The van der Waals surface area contributed by atoms with E-state index in [0.717, 1.165) is 19.6 Å². The highest BCUT2D eigenvalue weighted by atomic mass is 16.7. The second-order valence-corrected chi connectivity index (χ2v) is 7.36. The quantitative estimate of drug-likeness (QED) is 0.922. The molecule has 3 aliphatic carbocycles. The number of fused-ring (bicyclic) bond motifs is 3. The van der Waals surface area contributed by atoms with E-state index in [9.17, 15) is 0 Å². The molecule has 4 nitrogen and oxygen atoms in total. The van der Waals surface area contributed by atoms with Crippen LogP contribution in [-0.2, 0) is 14.9 Å². The molecule has 0 spiro atoms. The normalized spacial score (nSPS) is 39.5. The molecule has 4 fully saturated rings. The van der Waals surface area contributed by atoms with Crippen molar-refractivity contribution in [1.82, 2.24) is 10.2 Å². The van der Waals surface area contributed by atoms with Crippen molar-refractivity contribution in [2.75, 3.05) is 13.2 Å². The number of ether oxygens (including phenoxy) is 2. The van der Waals surface area contributed by atoms with E-state index in [0.29, 0.717) is 10.8 Å². The van der Waals surface area contributed by atoms with E-state index >= 15 is 0 Å². The Morgan fingerprint density at radius 1 is 1.19 bits per heavy atom. The first-order valence-electron chi connectivity index (χ1n) is 8.54. The largest absolute Gasteiger partial charge is 0.353 e. The Bertz CT molecular complexity index is 441. The summed E-state index contributed by atoms with van der Waals surface area (Å²) in [4.78, 5) is 0. The van der Waals surface area contributed by atoms with E-state index in [1.807, 2.05) is 6.20 Å². The molecule has 3 saturated carbocycles. The minimum Gasteiger partial charge on any atom is -0.353 e. The van der Waals surface area contributed by atoms with Gasteiger partial charge in [0.25, 0.3) is 0 Å². The number of H-pyrrole nitrogens is 1. The third kappa shape index (κ3) is 2.53. The summed E-state index contributed by atoms with van der Waals surface area (Å²) in [5.74, 6) is 0. The van der Waals surface area contributed by atoms with Gasteiger partial charge in [-0.25, -0.2) is 0 Å². The van der Waals surface area contributed by atoms with E-state index in [1.165, 1.54) is 57.1 Å². The summed E-state index contributed by atoms with van der Waals surface area (Å²) in [5.41, 5.74) is 2.15. The van der Waals surface area contributed by atoms with E-state index in [4.69, 9.17) is 9.47 Å². The van der Waals surface area contributed by atoms with Gasteiger partial charge in [0.05, 0.1) is 6.61 Å². The molecule has 1 aromatic rings. The van der Waals surface area contributed by atoms with Crippen LogP contribution in [0.1, 0.15) is 63.5 Å². The summed E-state index contributed by atoms with van der Waals surface area (Å²) in [6.07, 6.45) is 13.2. The van der Waals surface area contributed by atoms with Crippen LogP contribution in [0.3, 0.4) is 0 Å².